The van der Waals surface area contributed by atoms with Gasteiger partial charge in [0.15, 0.2) is 5.78 Å². The summed E-state index contributed by atoms with van der Waals surface area (Å²) in [5, 5.41) is 5.29. The summed E-state index contributed by atoms with van der Waals surface area (Å²) in [6.07, 6.45) is 1.58. The summed E-state index contributed by atoms with van der Waals surface area (Å²) in [6.45, 7) is 7.15. The van der Waals surface area contributed by atoms with E-state index in [9.17, 15) is 4.79 Å². The molecule has 0 aliphatic rings. The lowest BCUT2D eigenvalue weighted by atomic mass is 10.1. The van der Waals surface area contributed by atoms with E-state index in [1.54, 1.807) is 11.3 Å². The van der Waals surface area contributed by atoms with Gasteiger partial charge in [0.2, 0.25) is 0 Å². The third kappa shape index (κ3) is 4.14. The van der Waals surface area contributed by atoms with Crippen LogP contribution < -0.4 is 5.32 Å². The molecule has 0 atom stereocenters. The molecule has 1 heterocycles. The van der Waals surface area contributed by atoms with Crippen LogP contribution in [0.15, 0.2) is 11.4 Å². The Bertz CT molecular complexity index is 317. The van der Waals surface area contributed by atoms with Crippen LogP contribution in [0, 0.1) is 6.92 Å². The van der Waals surface area contributed by atoms with Crippen molar-refractivity contribution in [3.05, 3.63) is 21.9 Å². The normalized spacial score (nSPS) is 10.9. The van der Waals surface area contributed by atoms with E-state index in [2.05, 4.69) is 19.2 Å². The average Bonchev–Trinajstić information content (AvgIpc) is 2.58. The molecular formula is C12H19NOS. The fraction of sp³-hybridized carbons (Fsp3) is 0.583. The van der Waals surface area contributed by atoms with Gasteiger partial charge in [-0.15, -0.1) is 11.3 Å². The monoisotopic (exact) mass is 225 g/mol. The molecule has 84 valence electrons. The van der Waals surface area contributed by atoms with Crippen LogP contribution in [0.4, 0.5) is 0 Å². The Morgan fingerprint density at radius 3 is 2.80 bits per heavy atom. The Labute approximate surface area is 95.7 Å². The predicted molar refractivity (Wildman–Crippen MR) is 65.8 cm³/mol. The number of thiophene rings is 1. The smallest absolute Gasteiger partial charge is 0.173 e. The minimum Gasteiger partial charge on any atom is -0.315 e. The number of hydrogen-bond donors (Lipinski definition) is 1. The van der Waals surface area contributed by atoms with Gasteiger partial charge in [0.05, 0.1) is 4.88 Å². The van der Waals surface area contributed by atoms with E-state index in [0.29, 0.717) is 12.5 Å². The summed E-state index contributed by atoms with van der Waals surface area (Å²) in [7, 11) is 0. The van der Waals surface area contributed by atoms with Crippen LogP contribution in [0.1, 0.15) is 41.9 Å². The Kier molecular flexibility index (Phi) is 4.99. The van der Waals surface area contributed by atoms with Gasteiger partial charge in [0, 0.05) is 12.5 Å². The topological polar surface area (TPSA) is 29.1 Å². The van der Waals surface area contributed by atoms with E-state index in [1.165, 1.54) is 0 Å². The minimum atomic E-state index is 0.285. The average molecular weight is 225 g/mol. The van der Waals surface area contributed by atoms with Crippen LogP contribution in [-0.2, 0) is 0 Å². The number of nitrogens with one attached hydrogen (secondary N) is 1. The Morgan fingerprint density at radius 1 is 1.53 bits per heavy atom. The molecule has 0 aliphatic carbocycles. The first-order valence-corrected chi connectivity index (χ1v) is 6.30. The van der Waals surface area contributed by atoms with Crippen LogP contribution in [0.25, 0.3) is 0 Å². The number of hydrogen-bond acceptors (Lipinski definition) is 3. The second-order valence-electron chi connectivity index (χ2n) is 4.07. The highest BCUT2D eigenvalue weighted by Crippen LogP contribution is 2.17. The predicted octanol–water partition coefficient (Wildman–Crippen LogP) is 3.02. The zero-order valence-corrected chi connectivity index (χ0v) is 10.5. The molecule has 15 heavy (non-hydrogen) atoms. The molecule has 0 amide bonds. The van der Waals surface area contributed by atoms with E-state index in [-0.39, 0.29) is 5.78 Å². The lowest BCUT2D eigenvalue weighted by molar-refractivity contribution is 0.0983. The van der Waals surface area contributed by atoms with Gasteiger partial charge in [-0.25, -0.2) is 0 Å². The van der Waals surface area contributed by atoms with Crippen molar-refractivity contribution in [3.8, 4) is 0 Å². The third-order valence-corrected chi connectivity index (χ3v) is 3.31. The molecule has 3 heteroatoms. The van der Waals surface area contributed by atoms with Crippen molar-refractivity contribution in [1.82, 2.24) is 5.32 Å². The molecule has 0 unspecified atom stereocenters. The van der Waals surface area contributed by atoms with Gasteiger partial charge < -0.3 is 5.32 Å². The van der Waals surface area contributed by atoms with Gasteiger partial charge in [-0.3, -0.25) is 4.79 Å². The van der Waals surface area contributed by atoms with E-state index < -0.39 is 0 Å². The van der Waals surface area contributed by atoms with Gasteiger partial charge in [-0.2, -0.15) is 0 Å². The van der Waals surface area contributed by atoms with E-state index in [4.69, 9.17) is 0 Å². The summed E-state index contributed by atoms with van der Waals surface area (Å²) >= 11 is 1.55. The number of carbonyl (C=O) groups excluding carboxylic acids is 1. The highest BCUT2D eigenvalue weighted by Gasteiger charge is 2.09. The van der Waals surface area contributed by atoms with Crippen molar-refractivity contribution in [2.45, 2.75) is 39.7 Å². The molecule has 0 saturated heterocycles. The van der Waals surface area contributed by atoms with Crippen molar-refractivity contribution in [1.29, 1.82) is 0 Å². The van der Waals surface area contributed by atoms with Crippen LogP contribution in [0.2, 0.25) is 0 Å². The molecule has 0 aromatic carbocycles. The summed E-state index contributed by atoms with van der Waals surface area (Å²) in [5.41, 5.74) is 1.11. The zero-order valence-electron chi connectivity index (χ0n) is 9.67. The maximum absolute atomic E-state index is 11.8. The Morgan fingerprint density at radius 2 is 2.27 bits per heavy atom. The minimum absolute atomic E-state index is 0.285. The highest BCUT2D eigenvalue weighted by atomic mass is 32.1. The number of Topliss-reactive ketones (excluding diaryl/α,β-unsaturated/α-hetero) is 1. The largest absolute Gasteiger partial charge is 0.315 e. The molecule has 0 fully saturated rings. The van der Waals surface area contributed by atoms with E-state index in [0.717, 1.165) is 23.4 Å². The van der Waals surface area contributed by atoms with Crippen molar-refractivity contribution in [3.63, 3.8) is 0 Å². The van der Waals surface area contributed by atoms with Gasteiger partial charge in [0.25, 0.3) is 0 Å². The Hall–Kier alpha value is -0.670. The Balaban J connectivity index is 2.28. The van der Waals surface area contributed by atoms with E-state index in [1.807, 2.05) is 18.4 Å². The molecule has 2 nitrogen and oxygen atoms in total. The summed E-state index contributed by atoms with van der Waals surface area (Å²) in [5.74, 6) is 0.285. The first-order valence-electron chi connectivity index (χ1n) is 5.42. The quantitative estimate of drug-likeness (QED) is 0.595. The summed E-state index contributed by atoms with van der Waals surface area (Å²) < 4.78 is 0. The SMILES string of the molecule is Cc1ccsc1C(=O)CCCNC(C)C. The maximum Gasteiger partial charge on any atom is 0.173 e. The molecule has 0 spiro atoms. The van der Waals surface area contributed by atoms with Crippen molar-refractivity contribution in [2.75, 3.05) is 6.54 Å². The number of rotatable bonds is 6. The second kappa shape index (κ2) is 6.03. The summed E-state index contributed by atoms with van der Waals surface area (Å²) in [4.78, 5) is 12.7. The molecule has 1 aromatic rings. The van der Waals surface area contributed by atoms with Gasteiger partial charge >= 0.3 is 0 Å². The molecule has 1 rings (SSSR count). The lowest BCUT2D eigenvalue weighted by Crippen LogP contribution is -2.24. The first kappa shape index (κ1) is 12.4. The second-order valence-corrected chi connectivity index (χ2v) is 4.98. The third-order valence-electron chi connectivity index (χ3n) is 2.25. The standard InChI is InChI=1S/C12H19NOS/c1-9(2)13-7-4-5-11(14)12-10(3)6-8-15-12/h6,8-9,13H,4-5,7H2,1-3H3. The lowest BCUT2D eigenvalue weighted by Gasteiger charge is -2.06. The van der Waals surface area contributed by atoms with Crippen molar-refractivity contribution < 1.29 is 4.79 Å². The van der Waals surface area contributed by atoms with Crippen LogP contribution in [-0.4, -0.2) is 18.4 Å². The van der Waals surface area contributed by atoms with E-state index >= 15 is 0 Å². The number of carbonyl (C=O) groups is 1. The summed E-state index contributed by atoms with van der Waals surface area (Å²) in [6, 6.07) is 2.51. The molecule has 1 N–H and O–H groups in total. The van der Waals surface area contributed by atoms with Gasteiger partial charge in [-0.1, -0.05) is 13.8 Å². The van der Waals surface area contributed by atoms with Gasteiger partial charge in [0.1, 0.15) is 0 Å². The fourth-order valence-corrected chi connectivity index (χ4v) is 2.31. The first-order chi connectivity index (χ1) is 7.11. The molecule has 0 saturated carbocycles. The van der Waals surface area contributed by atoms with Crippen molar-refractivity contribution in [2.24, 2.45) is 0 Å². The molecular weight excluding hydrogens is 206 g/mol. The molecule has 0 bridgehead atoms. The van der Waals surface area contributed by atoms with Gasteiger partial charge in [-0.05, 0) is 36.9 Å². The molecule has 1 aromatic heterocycles. The fourth-order valence-electron chi connectivity index (χ4n) is 1.41. The molecule has 0 aliphatic heterocycles. The number of ketones is 1. The van der Waals surface area contributed by atoms with Crippen LogP contribution in [0.5, 0.6) is 0 Å². The van der Waals surface area contributed by atoms with Crippen LogP contribution in [0.3, 0.4) is 0 Å². The number of aryl methyl sites for hydroxylation is 1. The van der Waals surface area contributed by atoms with Crippen LogP contribution >= 0.6 is 11.3 Å². The highest BCUT2D eigenvalue weighted by molar-refractivity contribution is 7.12. The van der Waals surface area contributed by atoms with Crippen molar-refractivity contribution >= 4 is 17.1 Å². The zero-order chi connectivity index (χ0) is 11.3. The molecule has 0 radical (unpaired) electrons. The maximum atomic E-state index is 11.8.